The van der Waals surface area contributed by atoms with Crippen LogP contribution in [0, 0.1) is 10.1 Å². The number of hydrogen-bond donors (Lipinski definition) is 3. The highest BCUT2D eigenvalue weighted by Gasteiger charge is 2.31. The molecule has 0 radical (unpaired) electrons. The lowest BCUT2D eigenvalue weighted by molar-refractivity contribution is -0.384. The predicted octanol–water partition coefficient (Wildman–Crippen LogP) is 2.48. The Morgan fingerprint density at radius 3 is 2.66 bits per heavy atom. The van der Waals surface area contributed by atoms with Crippen LogP contribution in [0.25, 0.3) is 0 Å². The van der Waals surface area contributed by atoms with Crippen molar-refractivity contribution >= 4 is 29.1 Å². The fourth-order valence-electron chi connectivity index (χ4n) is 3.50. The number of methoxy groups -OCH3 is 1. The molecule has 1 atom stereocenters. The molecule has 29 heavy (non-hydrogen) atoms. The van der Waals surface area contributed by atoms with Crippen LogP contribution in [0.2, 0.25) is 0 Å². The first kappa shape index (κ1) is 19.9. The number of nitro benzene ring substituents is 1. The summed E-state index contributed by atoms with van der Waals surface area (Å²) in [4.78, 5) is 36.7. The van der Waals surface area contributed by atoms with Gasteiger partial charge < -0.3 is 25.4 Å². The number of rotatable bonds is 5. The molecular weight excluding hydrogens is 380 g/mol. The number of carbonyl (C=O) groups excluding carboxylic acids is 1. The van der Waals surface area contributed by atoms with Crippen LogP contribution in [0.15, 0.2) is 36.4 Å². The summed E-state index contributed by atoms with van der Waals surface area (Å²) >= 11 is 0. The van der Waals surface area contributed by atoms with Gasteiger partial charge in [0.1, 0.15) is 5.75 Å². The van der Waals surface area contributed by atoms with E-state index in [4.69, 9.17) is 9.84 Å². The minimum Gasteiger partial charge on any atom is -0.494 e. The Kier molecular flexibility index (Phi) is 5.53. The van der Waals surface area contributed by atoms with Crippen molar-refractivity contribution in [1.29, 1.82) is 0 Å². The third kappa shape index (κ3) is 3.91. The van der Waals surface area contributed by atoms with Crippen molar-refractivity contribution in [3.63, 3.8) is 0 Å². The number of anilines is 2. The summed E-state index contributed by atoms with van der Waals surface area (Å²) in [5.74, 6) is -0.325. The zero-order valence-electron chi connectivity index (χ0n) is 15.8. The molecule has 1 heterocycles. The Labute approximate surface area is 166 Å². The van der Waals surface area contributed by atoms with Crippen LogP contribution in [-0.4, -0.2) is 48.8 Å². The van der Waals surface area contributed by atoms with E-state index in [-0.39, 0.29) is 29.2 Å². The first-order valence-corrected chi connectivity index (χ1v) is 8.79. The topological polar surface area (TPSA) is 134 Å². The van der Waals surface area contributed by atoms with Crippen molar-refractivity contribution in [3.8, 4) is 5.75 Å². The Hall–Kier alpha value is -3.82. The van der Waals surface area contributed by atoms with Crippen molar-refractivity contribution in [2.75, 3.05) is 30.9 Å². The zero-order valence-corrected chi connectivity index (χ0v) is 15.8. The standard InChI is InChI=1S/C19H20N4O6/c1-20-17-15(23(27)28)8-12(9-16(17)29-2)18(24)22-10-13(21-19(25)26)7-11-5-3-4-6-14(11)22/h3-6,8-9,13,20-21H,7,10H2,1-2H3,(H,25,26). The molecule has 10 nitrogen and oxygen atoms in total. The summed E-state index contributed by atoms with van der Waals surface area (Å²) < 4.78 is 5.22. The second kappa shape index (κ2) is 8.05. The number of carbonyl (C=O) groups is 2. The molecule has 152 valence electrons. The normalized spacial score (nSPS) is 15.2. The highest BCUT2D eigenvalue weighted by molar-refractivity contribution is 6.08. The van der Waals surface area contributed by atoms with Gasteiger partial charge in [0.15, 0.2) is 5.69 Å². The van der Waals surface area contributed by atoms with Gasteiger partial charge in [-0.2, -0.15) is 0 Å². The van der Waals surface area contributed by atoms with Crippen molar-refractivity contribution < 1.29 is 24.4 Å². The number of hydrogen-bond acceptors (Lipinski definition) is 6. The molecule has 0 saturated heterocycles. The molecule has 3 rings (SSSR count). The number of carboxylic acid groups (broad SMARTS) is 1. The minimum atomic E-state index is -1.18. The summed E-state index contributed by atoms with van der Waals surface area (Å²) in [6, 6.07) is 9.28. The number of fused-ring (bicyclic) bond motifs is 1. The highest BCUT2D eigenvalue weighted by atomic mass is 16.6. The number of nitrogens with one attached hydrogen (secondary N) is 2. The average molecular weight is 400 g/mol. The molecular formula is C19H20N4O6. The van der Waals surface area contributed by atoms with Gasteiger partial charge in [-0.1, -0.05) is 18.2 Å². The maximum absolute atomic E-state index is 13.3. The van der Waals surface area contributed by atoms with Gasteiger partial charge in [-0.05, 0) is 24.1 Å². The van der Waals surface area contributed by atoms with E-state index in [9.17, 15) is 19.7 Å². The van der Waals surface area contributed by atoms with Crippen molar-refractivity contribution in [2.45, 2.75) is 12.5 Å². The molecule has 2 aromatic carbocycles. The smallest absolute Gasteiger partial charge is 0.404 e. The van der Waals surface area contributed by atoms with Crippen LogP contribution in [-0.2, 0) is 6.42 Å². The number of ether oxygens (including phenoxy) is 1. The highest BCUT2D eigenvalue weighted by Crippen LogP contribution is 2.37. The summed E-state index contributed by atoms with van der Waals surface area (Å²) in [6.45, 7) is 0.103. The van der Waals surface area contributed by atoms with E-state index in [1.165, 1.54) is 31.2 Å². The summed E-state index contributed by atoms with van der Waals surface area (Å²) in [5.41, 5.74) is 1.39. The Bertz CT molecular complexity index is 977. The second-order valence-corrected chi connectivity index (χ2v) is 6.47. The molecule has 10 heteroatoms. The third-order valence-electron chi connectivity index (χ3n) is 4.72. The minimum absolute atomic E-state index is 0.0679. The van der Waals surface area contributed by atoms with Gasteiger partial charge in [-0.25, -0.2) is 4.79 Å². The van der Waals surface area contributed by atoms with Gasteiger partial charge in [0, 0.05) is 25.3 Å². The predicted molar refractivity (Wildman–Crippen MR) is 106 cm³/mol. The quantitative estimate of drug-likeness (QED) is 0.518. The van der Waals surface area contributed by atoms with Crippen LogP contribution >= 0.6 is 0 Å². The molecule has 1 aliphatic heterocycles. The number of amides is 2. The van der Waals surface area contributed by atoms with E-state index in [1.807, 2.05) is 6.07 Å². The summed E-state index contributed by atoms with van der Waals surface area (Å²) in [7, 11) is 2.88. The molecule has 0 aliphatic carbocycles. The summed E-state index contributed by atoms with van der Waals surface area (Å²) in [6.07, 6.45) is -0.744. The maximum atomic E-state index is 13.3. The van der Waals surface area contributed by atoms with Crippen molar-refractivity contribution in [3.05, 3.63) is 57.6 Å². The Balaban J connectivity index is 2.06. The van der Waals surface area contributed by atoms with Gasteiger partial charge in [-0.15, -0.1) is 0 Å². The molecule has 3 N–H and O–H groups in total. The number of para-hydroxylation sites is 1. The van der Waals surface area contributed by atoms with Crippen LogP contribution in [0.3, 0.4) is 0 Å². The van der Waals surface area contributed by atoms with E-state index in [0.29, 0.717) is 12.1 Å². The number of benzene rings is 2. The monoisotopic (exact) mass is 400 g/mol. The van der Waals surface area contributed by atoms with Crippen LogP contribution in [0.4, 0.5) is 21.9 Å². The summed E-state index contributed by atoms with van der Waals surface area (Å²) in [5, 5.41) is 25.7. The Morgan fingerprint density at radius 1 is 1.31 bits per heavy atom. The molecule has 0 fully saturated rings. The first-order valence-electron chi connectivity index (χ1n) is 8.79. The molecule has 0 bridgehead atoms. The van der Waals surface area contributed by atoms with Gasteiger partial charge in [0.2, 0.25) is 0 Å². The van der Waals surface area contributed by atoms with E-state index >= 15 is 0 Å². The number of nitrogens with zero attached hydrogens (tertiary/aromatic N) is 2. The van der Waals surface area contributed by atoms with E-state index in [2.05, 4.69) is 10.6 Å². The molecule has 2 amide bonds. The molecule has 0 aromatic heterocycles. The zero-order chi connectivity index (χ0) is 21.1. The third-order valence-corrected chi connectivity index (χ3v) is 4.72. The van der Waals surface area contributed by atoms with E-state index in [1.54, 1.807) is 18.2 Å². The molecule has 0 saturated carbocycles. The van der Waals surface area contributed by atoms with E-state index < -0.39 is 23.0 Å². The first-order chi connectivity index (χ1) is 13.8. The SMILES string of the molecule is CNc1c(OC)cc(C(=O)N2CC(NC(=O)O)Cc3ccccc32)cc1[N+](=O)[O-]. The lowest BCUT2D eigenvalue weighted by atomic mass is 9.97. The lowest BCUT2D eigenvalue weighted by Gasteiger charge is -2.34. The molecule has 2 aromatic rings. The number of nitro groups is 1. The van der Waals surface area contributed by atoms with Gasteiger partial charge in [0.05, 0.1) is 23.6 Å². The lowest BCUT2D eigenvalue weighted by Crippen LogP contribution is -2.50. The van der Waals surface area contributed by atoms with E-state index in [0.717, 1.165) is 5.56 Å². The van der Waals surface area contributed by atoms with Crippen LogP contribution < -0.4 is 20.3 Å². The van der Waals surface area contributed by atoms with Crippen molar-refractivity contribution in [2.24, 2.45) is 0 Å². The van der Waals surface area contributed by atoms with Crippen LogP contribution in [0.1, 0.15) is 15.9 Å². The van der Waals surface area contributed by atoms with Gasteiger partial charge in [0.25, 0.3) is 11.6 Å². The maximum Gasteiger partial charge on any atom is 0.404 e. The largest absolute Gasteiger partial charge is 0.494 e. The Morgan fingerprint density at radius 2 is 2.03 bits per heavy atom. The average Bonchev–Trinajstić information content (AvgIpc) is 2.70. The van der Waals surface area contributed by atoms with Crippen LogP contribution in [0.5, 0.6) is 5.75 Å². The van der Waals surface area contributed by atoms with Crippen molar-refractivity contribution in [1.82, 2.24) is 5.32 Å². The fraction of sp³-hybridized carbons (Fsp3) is 0.263. The second-order valence-electron chi connectivity index (χ2n) is 6.47. The molecule has 0 spiro atoms. The molecule has 1 aliphatic rings. The van der Waals surface area contributed by atoms with Gasteiger partial charge >= 0.3 is 6.09 Å². The van der Waals surface area contributed by atoms with Gasteiger partial charge in [-0.3, -0.25) is 14.9 Å². The fourth-order valence-corrected chi connectivity index (χ4v) is 3.50. The molecule has 1 unspecified atom stereocenters.